The Bertz CT molecular complexity index is 390. The van der Waals surface area contributed by atoms with Crippen LogP contribution in [0.25, 0.3) is 0 Å². The summed E-state index contributed by atoms with van der Waals surface area (Å²) in [5.74, 6) is 0.168. The number of carbonyl (C=O) groups excluding carboxylic acids is 1. The third-order valence-corrected chi connectivity index (χ3v) is 4.44. The van der Waals surface area contributed by atoms with Gasteiger partial charge in [0.15, 0.2) is 0 Å². The van der Waals surface area contributed by atoms with Gasteiger partial charge in [0.2, 0.25) is 5.91 Å². The topological polar surface area (TPSA) is 49.6 Å². The molecule has 0 radical (unpaired) electrons. The summed E-state index contributed by atoms with van der Waals surface area (Å²) in [6, 6.07) is 2.24. The lowest BCUT2D eigenvalue weighted by molar-refractivity contribution is -0.132. The van der Waals surface area contributed by atoms with Crippen molar-refractivity contribution in [2.24, 2.45) is 5.73 Å². The van der Waals surface area contributed by atoms with Gasteiger partial charge in [-0.3, -0.25) is 9.69 Å². The first-order valence-electron chi connectivity index (χ1n) is 7.30. The molecule has 0 bridgehead atoms. The fourth-order valence-corrected chi connectivity index (χ4v) is 3.17. The average Bonchev–Trinajstić information content (AvgIpc) is 2.93. The maximum Gasteiger partial charge on any atom is 0.236 e. The highest BCUT2D eigenvalue weighted by Gasteiger charge is 2.25. The molecule has 0 saturated carbocycles. The van der Waals surface area contributed by atoms with Crippen LogP contribution in [-0.4, -0.2) is 48.4 Å². The standard InChI is InChI=1S/C15H27N3OS/c1-5-13(16)15(12-8-9-20-11-12)17(4)10-14(19)18(6-2)7-3/h8-9,11,13,15H,5-7,10,16H2,1-4H3. The van der Waals surface area contributed by atoms with E-state index in [0.717, 1.165) is 19.5 Å². The van der Waals surface area contributed by atoms with E-state index in [1.807, 2.05) is 25.8 Å². The van der Waals surface area contributed by atoms with Crippen LogP contribution in [0.3, 0.4) is 0 Å². The molecule has 2 unspecified atom stereocenters. The highest BCUT2D eigenvalue weighted by atomic mass is 32.1. The van der Waals surface area contributed by atoms with Gasteiger partial charge in [0, 0.05) is 19.1 Å². The Balaban J connectivity index is 2.79. The van der Waals surface area contributed by atoms with Gasteiger partial charge in [0.05, 0.1) is 12.6 Å². The molecule has 0 aliphatic carbocycles. The number of hydrogen-bond donors (Lipinski definition) is 1. The molecule has 1 rings (SSSR count). The third-order valence-electron chi connectivity index (χ3n) is 3.74. The second kappa shape index (κ2) is 8.39. The summed E-state index contributed by atoms with van der Waals surface area (Å²) in [6.07, 6.45) is 0.893. The molecule has 2 N–H and O–H groups in total. The fourth-order valence-electron chi connectivity index (χ4n) is 2.48. The van der Waals surface area contributed by atoms with E-state index in [4.69, 9.17) is 5.73 Å². The zero-order chi connectivity index (χ0) is 15.1. The van der Waals surface area contributed by atoms with E-state index in [0.29, 0.717) is 6.54 Å². The molecule has 1 amide bonds. The molecule has 2 atom stereocenters. The Morgan fingerprint density at radius 3 is 2.45 bits per heavy atom. The van der Waals surface area contributed by atoms with Crippen LogP contribution in [0, 0.1) is 0 Å². The summed E-state index contributed by atoms with van der Waals surface area (Å²) in [4.78, 5) is 16.2. The predicted octanol–water partition coefficient (Wildman–Crippen LogP) is 2.33. The molecular formula is C15H27N3OS. The van der Waals surface area contributed by atoms with Gasteiger partial charge in [-0.25, -0.2) is 0 Å². The van der Waals surface area contributed by atoms with Gasteiger partial charge >= 0.3 is 0 Å². The Labute approximate surface area is 126 Å². The zero-order valence-electron chi connectivity index (χ0n) is 13.0. The molecule has 114 valence electrons. The van der Waals surface area contributed by atoms with Crippen LogP contribution < -0.4 is 5.73 Å². The van der Waals surface area contributed by atoms with Gasteiger partial charge in [0.25, 0.3) is 0 Å². The number of thiophene rings is 1. The monoisotopic (exact) mass is 297 g/mol. The molecule has 0 aromatic carbocycles. The summed E-state index contributed by atoms with van der Waals surface area (Å²) < 4.78 is 0. The van der Waals surface area contributed by atoms with Crippen molar-refractivity contribution in [3.05, 3.63) is 22.4 Å². The Morgan fingerprint density at radius 1 is 1.35 bits per heavy atom. The molecule has 4 nitrogen and oxygen atoms in total. The largest absolute Gasteiger partial charge is 0.342 e. The van der Waals surface area contributed by atoms with Gasteiger partial charge in [-0.15, -0.1) is 0 Å². The number of carbonyl (C=O) groups is 1. The van der Waals surface area contributed by atoms with Gasteiger partial charge in [-0.1, -0.05) is 6.92 Å². The summed E-state index contributed by atoms with van der Waals surface area (Å²) in [6.45, 7) is 8.03. The quantitative estimate of drug-likeness (QED) is 0.801. The minimum atomic E-state index is 0.0408. The number of amides is 1. The number of likely N-dealkylation sites (N-methyl/N-ethyl adjacent to an activating group) is 2. The highest BCUT2D eigenvalue weighted by Crippen LogP contribution is 2.25. The van der Waals surface area contributed by atoms with Crippen LogP contribution in [0.1, 0.15) is 38.8 Å². The maximum absolute atomic E-state index is 12.2. The van der Waals surface area contributed by atoms with Crippen molar-refractivity contribution in [1.29, 1.82) is 0 Å². The molecule has 0 spiro atoms. The molecule has 1 aromatic heterocycles. The van der Waals surface area contributed by atoms with Gasteiger partial charge in [-0.2, -0.15) is 11.3 Å². The lowest BCUT2D eigenvalue weighted by atomic mass is 9.99. The second-order valence-corrected chi connectivity index (χ2v) is 5.83. The molecule has 1 aromatic rings. The van der Waals surface area contributed by atoms with Crippen LogP contribution in [0.4, 0.5) is 0 Å². The van der Waals surface area contributed by atoms with Crippen LogP contribution >= 0.6 is 11.3 Å². The normalized spacial score (nSPS) is 14.3. The first-order chi connectivity index (χ1) is 9.54. The number of rotatable bonds is 8. The third kappa shape index (κ3) is 4.30. The van der Waals surface area contributed by atoms with Crippen LogP contribution in [0.5, 0.6) is 0 Å². The van der Waals surface area contributed by atoms with Crippen molar-refractivity contribution in [3.8, 4) is 0 Å². The van der Waals surface area contributed by atoms with Crippen molar-refractivity contribution >= 4 is 17.2 Å². The van der Waals surface area contributed by atoms with E-state index in [2.05, 4.69) is 28.7 Å². The molecular weight excluding hydrogens is 270 g/mol. The minimum absolute atomic E-state index is 0.0408. The first-order valence-corrected chi connectivity index (χ1v) is 8.25. The maximum atomic E-state index is 12.2. The minimum Gasteiger partial charge on any atom is -0.342 e. The summed E-state index contributed by atoms with van der Waals surface area (Å²) >= 11 is 1.67. The van der Waals surface area contributed by atoms with Crippen LogP contribution in [0.15, 0.2) is 16.8 Å². The van der Waals surface area contributed by atoms with Gasteiger partial charge in [0.1, 0.15) is 0 Å². The molecule has 0 fully saturated rings. The zero-order valence-corrected chi connectivity index (χ0v) is 13.8. The number of nitrogens with two attached hydrogens (primary N) is 1. The fraction of sp³-hybridized carbons (Fsp3) is 0.667. The SMILES string of the molecule is CCC(N)C(c1ccsc1)N(C)CC(=O)N(CC)CC. The van der Waals surface area contributed by atoms with E-state index < -0.39 is 0 Å². The Kier molecular flexibility index (Phi) is 7.19. The van der Waals surface area contributed by atoms with Crippen molar-refractivity contribution in [3.63, 3.8) is 0 Å². The highest BCUT2D eigenvalue weighted by molar-refractivity contribution is 7.07. The van der Waals surface area contributed by atoms with E-state index in [9.17, 15) is 4.79 Å². The van der Waals surface area contributed by atoms with E-state index >= 15 is 0 Å². The van der Waals surface area contributed by atoms with Crippen LogP contribution in [0.2, 0.25) is 0 Å². The van der Waals surface area contributed by atoms with Crippen LogP contribution in [-0.2, 0) is 4.79 Å². The molecule has 20 heavy (non-hydrogen) atoms. The Hall–Kier alpha value is -0.910. The summed E-state index contributed by atoms with van der Waals surface area (Å²) in [5.41, 5.74) is 7.47. The molecule has 0 aliphatic heterocycles. The predicted molar refractivity (Wildman–Crippen MR) is 85.9 cm³/mol. The molecule has 0 saturated heterocycles. The van der Waals surface area contributed by atoms with Crippen molar-refractivity contribution < 1.29 is 4.79 Å². The lowest BCUT2D eigenvalue weighted by Gasteiger charge is -2.33. The van der Waals surface area contributed by atoms with Crippen molar-refractivity contribution in [2.75, 3.05) is 26.7 Å². The Morgan fingerprint density at radius 2 is 2.00 bits per heavy atom. The molecule has 5 heteroatoms. The van der Waals surface area contributed by atoms with Gasteiger partial charge < -0.3 is 10.6 Å². The van der Waals surface area contributed by atoms with E-state index in [-0.39, 0.29) is 18.0 Å². The second-order valence-electron chi connectivity index (χ2n) is 5.05. The average molecular weight is 297 g/mol. The van der Waals surface area contributed by atoms with E-state index in [1.165, 1.54) is 5.56 Å². The van der Waals surface area contributed by atoms with Gasteiger partial charge in [-0.05, 0) is 49.7 Å². The molecule has 0 aliphatic rings. The summed E-state index contributed by atoms with van der Waals surface area (Å²) in [7, 11) is 1.99. The number of nitrogens with zero attached hydrogens (tertiary/aromatic N) is 2. The smallest absolute Gasteiger partial charge is 0.236 e. The summed E-state index contributed by atoms with van der Waals surface area (Å²) in [5, 5.41) is 4.18. The lowest BCUT2D eigenvalue weighted by Crippen LogP contribution is -2.44. The van der Waals surface area contributed by atoms with Crippen molar-refractivity contribution in [1.82, 2.24) is 9.80 Å². The molecule has 1 heterocycles. The number of hydrogen-bond acceptors (Lipinski definition) is 4. The first kappa shape index (κ1) is 17.1. The van der Waals surface area contributed by atoms with E-state index in [1.54, 1.807) is 11.3 Å². The van der Waals surface area contributed by atoms with Crippen molar-refractivity contribution in [2.45, 2.75) is 39.3 Å².